The lowest BCUT2D eigenvalue weighted by molar-refractivity contribution is -0.0892. The van der Waals surface area contributed by atoms with Crippen LogP contribution in [0.15, 0.2) is 73.1 Å². The molecule has 1 amide bonds. The van der Waals surface area contributed by atoms with Crippen LogP contribution in [0.4, 0.5) is 10.6 Å². The quantitative estimate of drug-likeness (QED) is 0.149. The third-order valence-electron chi connectivity index (χ3n) is 7.61. The summed E-state index contributed by atoms with van der Waals surface area (Å²) < 4.78 is 5.54. The number of nitrogen functional groups attached to an aromatic ring is 1. The number of hydrogen-bond acceptors (Lipinski definition) is 10. The number of aliphatic hydroxyl groups excluding tert-OH is 1. The first-order chi connectivity index (χ1) is 21.3. The smallest absolute Gasteiger partial charge is 0.408 e. The number of pyridine rings is 1. The second kappa shape index (κ2) is 11.6. The van der Waals surface area contributed by atoms with Gasteiger partial charge in [-0.15, -0.1) is 22.7 Å². The molecule has 0 bridgehead atoms. The molecule has 1 fully saturated rings. The lowest BCUT2D eigenvalue weighted by atomic mass is 9.62. The van der Waals surface area contributed by atoms with Crippen molar-refractivity contribution in [3.8, 4) is 42.2 Å². The maximum absolute atomic E-state index is 12.8. The normalized spacial score (nSPS) is 19.6. The van der Waals surface area contributed by atoms with Crippen molar-refractivity contribution in [2.75, 3.05) is 5.73 Å². The molecule has 0 saturated heterocycles. The van der Waals surface area contributed by atoms with E-state index in [9.17, 15) is 15.0 Å². The van der Waals surface area contributed by atoms with Crippen molar-refractivity contribution in [2.45, 2.75) is 63.9 Å². The second-order valence-electron chi connectivity index (χ2n) is 12.7. The Morgan fingerprint density at radius 2 is 1.69 bits per heavy atom. The van der Waals surface area contributed by atoms with Gasteiger partial charge < -0.3 is 26.0 Å². The van der Waals surface area contributed by atoms with Crippen LogP contribution >= 0.6 is 22.7 Å². The van der Waals surface area contributed by atoms with Crippen LogP contribution in [0.5, 0.6) is 0 Å². The molecule has 3 heterocycles. The summed E-state index contributed by atoms with van der Waals surface area (Å²) in [5.41, 5.74) is 8.69. The van der Waals surface area contributed by atoms with Gasteiger partial charge in [0, 0.05) is 41.9 Å². The number of nitrogens with two attached hydrogens (primary N) is 1. The topological polar surface area (TPSA) is 143 Å². The van der Waals surface area contributed by atoms with Gasteiger partial charge in [0.05, 0.1) is 33.2 Å². The lowest BCUT2D eigenvalue weighted by Gasteiger charge is -2.52. The molecular formula is C34H35N5O4S2. The minimum absolute atomic E-state index is 0.197. The fraction of sp³-hybridized carbons (Fsp3) is 0.294. The Kier molecular flexibility index (Phi) is 7.98. The minimum Gasteiger partial charge on any atom is -0.444 e. The van der Waals surface area contributed by atoms with Crippen molar-refractivity contribution in [1.29, 1.82) is 0 Å². The molecular weight excluding hydrogens is 607 g/mol. The molecule has 3 aromatic heterocycles. The number of aliphatic hydroxyl groups is 2. The molecule has 0 aliphatic heterocycles. The Morgan fingerprint density at radius 1 is 0.978 bits per heavy atom. The van der Waals surface area contributed by atoms with Gasteiger partial charge >= 0.3 is 6.09 Å². The Bertz CT molecular complexity index is 1830. The van der Waals surface area contributed by atoms with E-state index in [1.807, 2.05) is 69.4 Å². The van der Waals surface area contributed by atoms with E-state index in [1.165, 1.54) is 11.3 Å². The van der Waals surface area contributed by atoms with Crippen LogP contribution in [0.3, 0.4) is 0 Å². The Balaban J connectivity index is 1.34. The highest BCUT2D eigenvalue weighted by Gasteiger charge is 2.53. The Morgan fingerprint density at radius 3 is 2.33 bits per heavy atom. The number of nitrogens with one attached hydrogen (secondary N) is 1. The summed E-state index contributed by atoms with van der Waals surface area (Å²) in [5, 5.41) is 24.9. The Hall–Kier alpha value is -4.16. The van der Waals surface area contributed by atoms with Crippen molar-refractivity contribution in [3.05, 3.63) is 84.2 Å². The molecule has 9 nitrogen and oxygen atoms in total. The number of thiazole rings is 2. The SMILES string of the molecule is CC1(O)CC(NC(=O)OC(C)(C)C)(c2ccc(-c3nc(-c4cnc(-c5cnc(N)c(CO)c5)s4)sc3-c3ccccc3)cc2)C1. The van der Waals surface area contributed by atoms with Gasteiger partial charge in [-0.2, -0.15) is 0 Å². The first-order valence-electron chi connectivity index (χ1n) is 14.6. The van der Waals surface area contributed by atoms with Crippen molar-refractivity contribution in [1.82, 2.24) is 20.3 Å². The number of benzene rings is 2. The molecule has 45 heavy (non-hydrogen) atoms. The van der Waals surface area contributed by atoms with Gasteiger partial charge in [0.15, 0.2) is 0 Å². The summed E-state index contributed by atoms with van der Waals surface area (Å²) >= 11 is 3.10. The minimum atomic E-state index is -0.881. The number of anilines is 1. The average Bonchev–Trinajstić information content (AvgIpc) is 3.64. The summed E-state index contributed by atoms with van der Waals surface area (Å²) in [6.45, 7) is 7.06. The number of nitrogens with zero attached hydrogens (tertiary/aromatic N) is 3. The van der Waals surface area contributed by atoms with E-state index in [-0.39, 0.29) is 6.61 Å². The molecule has 1 aliphatic carbocycles. The monoisotopic (exact) mass is 641 g/mol. The van der Waals surface area contributed by atoms with Gasteiger partial charge in [-0.3, -0.25) is 0 Å². The van der Waals surface area contributed by atoms with Gasteiger partial charge in [-0.25, -0.2) is 19.7 Å². The maximum atomic E-state index is 12.8. The van der Waals surface area contributed by atoms with Gasteiger partial charge in [-0.1, -0.05) is 54.6 Å². The average molecular weight is 642 g/mol. The van der Waals surface area contributed by atoms with Crippen molar-refractivity contribution in [3.63, 3.8) is 0 Å². The summed E-state index contributed by atoms with van der Waals surface area (Å²) in [5.74, 6) is 0.301. The molecule has 6 rings (SSSR count). The molecule has 11 heteroatoms. The molecule has 0 unspecified atom stereocenters. The molecule has 1 aliphatic rings. The molecule has 1 saturated carbocycles. The molecule has 0 radical (unpaired) electrons. The largest absolute Gasteiger partial charge is 0.444 e. The molecule has 0 spiro atoms. The predicted octanol–water partition coefficient (Wildman–Crippen LogP) is 7.00. The highest BCUT2D eigenvalue weighted by atomic mass is 32.1. The summed E-state index contributed by atoms with van der Waals surface area (Å²) in [6, 6.07) is 20.0. The second-order valence-corrected chi connectivity index (χ2v) is 14.7. The van der Waals surface area contributed by atoms with Gasteiger partial charge in [0.2, 0.25) is 0 Å². The number of hydrogen-bond donors (Lipinski definition) is 4. The number of carbonyl (C=O) groups is 1. The highest BCUT2D eigenvalue weighted by Crippen LogP contribution is 2.49. The van der Waals surface area contributed by atoms with E-state index in [4.69, 9.17) is 15.5 Å². The number of aromatic nitrogens is 3. The number of rotatable bonds is 7. The molecule has 2 aromatic carbocycles. The first-order valence-corrected chi connectivity index (χ1v) is 16.2. The van der Waals surface area contributed by atoms with Crippen LogP contribution in [0.2, 0.25) is 0 Å². The van der Waals surface area contributed by atoms with E-state index in [0.29, 0.717) is 24.2 Å². The number of alkyl carbamates (subject to hydrolysis) is 1. The van der Waals surface area contributed by atoms with Crippen LogP contribution in [-0.4, -0.2) is 42.5 Å². The molecule has 5 N–H and O–H groups in total. The third kappa shape index (κ3) is 6.48. The van der Waals surface area contributed by atoms with Gasteiger partial charge in [-0.05, 0) is 44.9 Å². The number of ether oxygens (including phenoxy) is 1. The number of amides is 1. The van der Waals surface area contributed by atoms with E-state index >= 15 is 0 Å². The van der Waals surface area contributed by atoms with Crippen molar-refractivity contribution >= 4 is 34.6 Å². The van der Waals surface area contributed by atoms with Crippen LogP contribution in [0.1, 0.15) is 51.7 Å². The van der Waals surface area contributed by atoms with Crippen molar-refractivity contribution < 1.29 is 19.7 Å². The predicted molar refractivity (Wildman–Crippen MR) is 179 cm³/mol. The zero-order chi connectivity index (χ0) is 32.0. The fourth-order valence-corrected chi connectivity index (χ4v) is 7.77. The molecule has 5 aromatic rings. The lowest BCUT2D eigenvalue weighted by Crippen LogP contribution is -2.62. The van der Waals surface area contributed by atoms with Crippen LogP contribution < -0.4 is 11.1 Å². The standard InChI is InChI=1S/C34H35N5O4S2/c1-32(2,3)43-31(41)39-34(18-33(4,42)19-34)24-12-10-20(11-13-24)26-27(21-8-6-5-7-9-21)45-30(38-26)25-16-37-29(44-25)22-14-23(17-40)28(35)36-15-22/h5-16,40,42H,17-19H2,1-4H3,(H2,35,36)(H,39,41). The summed E-state index contributed by atoms with van der Waals surface area (Å²) in [6.07, 6.45) is 3.72. The Labute approximate surface area is 269 Å². The van der Waals surface area contributed by atoms with E-state index in [1.54, 1.807) is 30.5 Å². The van der Waals surface area contributed by atoms with Gasteiger partial charge in [0.1, 0.15) is 21.4 Å². The zero-order valence-corrected chi connectivity index (χ0v) is 27.1. The molecule has 0 atom stereocenters. The van der Waals surface area contributed by atoms with Crippen molar-refractivity contribution in [2.24, 2.45) is 0 Å². The van der Waals surface area contributed by atoms with E-state index < -0.39 is 22.8 Å². The third-order valence-corrected chi connectivity index (χ3v) is 9.93. The van der Waals surface area contributed by atoms with E-state index in [0.717, 1.165) is 47.7 Å². The summed E-state index contributed by atoms with van der Waals surface area (Å²) in [4.78, 5) is 28.6. The van der Waals surface area contributed by atoms with Gasteiger partial charge in [0.25, 0.3) is 0 Å². The maximum Gasteiger partial charge on any atom is 0.408 e. The van der Waals surface area contributed by atoms with E-state index in [2.05, 4.69) is 27.4 Å². The van der Waals surface area contributed by atoms with Crippen LogP contribution in [0, 0.1) is 0 Å². The van der Waals surface area contributed by atoms with Crippen LogP contribution in [0.25, 0.3) is 42.2 Å². The first kappa shape index (κ1) is 30.8. The zero-order valence-electron chi connectivity index (χ0n) is 25.5. The fourth-order valence-electron chi connectivity index (χ4n) is 5.74. The highest BCUT2D eigenvalue weighted by molar-refractivity contribution is 7.25. The molecule has 232 valence electrons. The summed E-state index contributed by atoms with van der Waals surface area (Å²) in [7, 11) is 0. The number of carbonyl (C=O) groups excluding carboxylic acids is 1. The van der Waals surface area contributed by atoms with Crippen LogP contribution in [-0.2, 0) is 16.9 Å².